The normalized spacial score (nSPS) is 12.3. The third-order valence-electron chi connectivity index (χ3n) is 3.09. The molecule has 2 rings (SSSR count). The zero-order valence-electron chi connectivity index (χ0n) is 10.9. The first-order valence-corrected chi connectivity index (χ1v) is 7.03. The summed E-state index contributed by atoms with van der Waals surface area (Å²) >= 11 is 3.43. The zero-order valence-corrected chi connectivity index (χ0v) is 12.5. The van der Waals surface area contributed by atoms with Crippen molar-refractivity contribution in [1.82, 2.24) is 0 Å². The topological polar surface area (TPSA) is 92.5 Å². The van der Waals surface area contributed by atoms with E-state index in [4.69, 9.17) is 16.6 Å². The number of hydrogen-bond donors (Lipinski definition) is 4. The third kappa shape index (κ3) is 3.30. The van der Waals surface area contributed by atoms with Crippen LogP contribution in [-0.4, -0.2) is 22.9 Å². The van der Waals surface area contributed by atoms with E-state index in [2.05, 4.69) is 15.9 Å². The molecule has 106 valence electrons. The second-order valence-electron chi connectivity index (χ2n) is 4.69. The molecule has 0 amide bonds. The first-order chi connectivity index (χ1) is 9.51. The minimum Gasteiger partial charge on any atom is -0.399 e. The second kappa shape index (κ2) is 6.26. The summed E-state index contributed by atoms with van der Waals surface area (Å²) < 4.78 is 0.949. The molecule has 5 heteroatoms. The fourth-order valence-corrected chi connectivity index (χ4v) is 2.56. The van der Waals surface area contributed by atoms with Crippen LogP contribution in [-0.2, 0) is 6.42 Å². The Morgan fingerprint density at radius 2 is 1.90 bits per heavy atom. The van der Waals surface area contributed by atoms with Gasteiger partial charge in [-0.3, -0.25) is 0 Å². The first-order valence-electron chi connectivity index (χ1n) is 6.24. The van der Waals surface area contributed by atoms with Crippen LogP contribution in [0.1, 0.15) is 5.56 Å². The fourth-order valence-electron chi connectivity index (χ4n) is 2.16. The average molecular weight is 337 g/mol. The summed E-state index contributed by atoms with van der Waals surface area (Å²) in [5.41, 5.74) is 15.6. The predicted molar refractivity (Wildman–Crippen MR) is 85.2 cm³/mol. The molecule has 20 heavy (non-hydrogen) atoms. The van der Waals surface area contributed by atoms with Gasteiger partial charge in [0.1, 0.15) is 0 Å². The van der Waals surface area contributed by atoms with Crippen molar-refractivity contribution in [3.05, 3.63) is 46.4 Å². The smallest absolute Gasteiger partial charge is 0.0812 e. The summed E-state index contributed by atoms with van der Waals surface area (Å²) in [5, 5.41) is 18.7. The molecule has 0 aliphatic rings. The van der Waals surface area contributed by atoms with E-state index < -0.39 is 6.10 Å². The maximum atomic E-state index is 9.68. The molecular formula is C15H17BrN2O2. The lowest BCUT2D eigenvalue weighted by molar-refractivity contribution is 0.0957. The molecule has 2 aromatic rings. The summed E-state index contributed by atoms with van der Waals surface area (Å²) in [5.74, 6) is 0. The van der Waals surface area contributed by atoms with Crippen LogP contribution in [0.15, 0.2) is 40.9 Å². The SMILES string of the molecule is Nc1cc(N)c(CC(O)CO)c(-c2cccc(Br)c2)c1. The van der Waals surface area contributed by atoms with Crippen LogP contribution < -0.4 is 11.5 Å². The van der Waals surface area contributed by atoms with Crippen molar-refractivity contribution in [3.8, 4) is 11.1 Å². The quantitative estimate of drug-likeness (QED) is 0.644. The Morgan fingerprint density at radius 3 is 2.55 bits per heavy atom. The highest BCUT2D eigenvalue weighted by molar-refractivity contribution is 9.10. The molecule has 4 nitrogen and oxygen atoms in total. The average Bonchev–Trinajstić information content (AvgIpc) is 2.41. The molecule has 2 aromatic carbocycles. The van der Waals surface area contributed by atoms with Crippen molar-refractivity contribution in [3.63, 3.8) is 0 Å². The summed E-state index contributed by atoms with van der Waals surface area (Å²) in [6.45, 7) is -0.304. The lowest BCUT2D eigenvalue weighted by atomic mass is 9.94. The van der Waals surface area contributed by atoms with Crippen molar-refractivity contribution >= 4 is 27.3 Å². The molecule has 0 saturated carbocycles. The van der Waals surface area contributed by atoms with Crippen LogP contribution in [0.2, 0.25) is 0 Å². The standard InChI is InChI=1S/C15H17BrN2O2/c16-10-3-1-2-9(4-10)13-5-11(17)6-15(18)14(13)7-12(20)8-19/h1-6,12,19-20H,7-8,17-18H2. The van der Waals surface area contributed by atoms with Crippen LogP contribution in [0.25, 0.3) is 11.1 Å². The minimum absolute atomic E-state index is 0.282. The highest BCUT2D eigenvalue weighted by atomic mass is 79.9. The molecule has 0 aliphatic carbocycles. The molecule has 0 radical (unpaired) electrons. The van der Waals surface area contributed by atoms with Gasteiger partial charge in [-0.15, -0.1) is 0 Å². The highest BCUT2D eigenvalue weighted by Crippen LogP contribution is 2.32. The summed E-state index contributed by atoms with van der Waals surface area (Å²) in [7, 11) is 0. The number of nitrogens with two attached hydrogens (primary N) is 2. The number of hydrogen-bond acceptors (Lipinski definition) is 4. The molecule has 0 fully saturated rings. The Balaban J connectivity index is 2.55. The van der Waals surface area contributed by atoms with Crippen molar-refractivity contribution in [1.29, 1.82) is 0 Å². The second-order valence-corrected chi connectivity index (χ2v) is 5.60. The maximum absolute atomic E-state index is 9.68. The molecule has 0 spiro atoms. The van der Waals surface area contributed by atoms with Gasteiger partial charge < -0.3 is 21.7 Å². The fraction of sp³-hybridized carbons (Fsp3) is 0.200. The molecule has 6 N–H and O–H groups in total. The van der Waals surface area contributed by atoms with Gasteiger partial charge in [0.25, 0.3) is 0 Å². The van der Waals surface area contributed by atoms with Gasteiger partial charge in [0.2, 0.25) is 0 Å². The van der Waals surface area contributed by atoms with Gasteiger partial charge in [0.05, 0.1) is 12.7 Å². The number of anilines is 2. The Kier molecular flexibility index (Phi) is 4.65. The molecule has 1 atom stereocenters. The first kappa shape index (κ1) is 14.8. The summed E-state index contributed by atoms with van der Waals surface area (Å²) in [4.78, 5) is 0. The summed E-state index contributed by atoms with van der Waals surface area (Å²) in [6.07, 6.45) is -0.559. The van der Waals surface area contributed by atoms with Gasteiger partial charge in [-0.25, -0.2) is 0 Å². The minimum atomic E-state index is -0.841. The van der Waals surface area contributed by atoms with Crippen molar-refractivity contribution in [2.24, 2.45) is 0 Å². The van der Waals surface area contributed by atoms with Gasteiger partial charge in [-0.2, -0.15) is 0 Å². The van der Waals surface area contributed by atoms with Crippen LogP contribution in [0, 0.1) is 0 Å². The molecule has 1 unspecified atom stereocenters. The molecule has 0 heterocycles. The van der Waals surface area contributed by atoms with E-state index in [-0.39, 0.29) is 13.0 Å². The van der Waals surface area contributed by atoms with E-state index >= 15 is 0 Å². The third-order valence-corrected chi connectivity index (χ3v) is 3.59. The number of halogens is 1. The van der Waals surface area contributed by atoms with Crippen LogP contribution in [0.4, 0.5) is 11.4 Å². The van der Waals surface area contributed by atoms with E-state index in [1.165, 1.54) is 0 Å². The Morgan fingerprint density at radius 1 is 1.15 bits per heavy atom. The zero-order chi connectivity index (χ0) is 14.7. The molecule has 0 aromatic heterocycles. The highest BCUT2D eigenvalue weighted by Gasteiger charge is 2.14. The van der Waals surface area contributed by atoms with Gasteiger partial charge in [-0.1, -0.05) is 28.1 Å². The van der Waals surface area contributed by atoms with Crippen molar-refractivity contribution in [2.45, 2.75) is 12.5 Å². The van der Waals surface area contributed by atoms with Crippen LogP contribution in [0.5, 0.6) is 0 Å². The van der Waals surface area contributed by atoms with Gasteiger partial charge in [0, 0.05) is 22.3 Å². The number of aliphatic hydroxyl groups excluding tert-OH is 2. The lowest BCUT2D eigenvalue weighted by Crippen LogP contribution is -2.17. The number of aliphatic hydroxyl groups is 2. The van der Waals surface area contributed by atoms with E-state index in [9.17, 15) is 5.11 Å². The van der Waals surface area contributed by atoms with Gasteiger partial charge in [-0.05, 0) is 41.0 Å². The number of benzene rings is 2. The number of rotatable bonds is 4. The molecule has 0 aliphatic heterocycles. The van der Waals surface area contributed by atoms with Gasteiger partial charge >= 0.3 is 0 Å². The van der Waals surface area contributed by atoms with Crippen molar-refractivity contribution < 1.29 is 10.2 Å². The number of nitrogen functional groups attached to an aromatic ring is 2. The van der Waals surface area contributed by atoms with E-state index in [1.54, 1.807) is 6.07 Å². The van der Waals surface area contributed by atoms with Crippen LogP contribution in [0.3, 0.4) is 0 Å². The Hall–Kier alpha value is -1.56. The predicted octanol–water partition coefficient (Wildman–Crippen LogP) is 2.18. The van der Waals surface area contributed by atoms with E-state index in [0.717, 1.165) is 21.2 Å². The maximum Gasteiger partial charge on any atom is 0.0812 e. The van der Waals surface area contributed by atoms with E-state index in [0.29, 0.717) is 11.4 Å². The van der Waals surface area contributed by atoms with Crippen LogP contribution >= 0.6 is 15.9 Å². The summed E-state index contributed by atoms with van der Waals surface area (Å²) in [6, 6.07) is 11.3. The van der Waals surface area contributed by atoms with Crippen molar-refractivity contribution in [2.75, 3.05) is 18.1 Å². The molecule has 0 bridgehead atoms. The Labute approximate surface area is 126 Å². The largest absolute Gasteiger partial charge is 0.399 e. The molecule has 0 saturated heterocycles. The Bertz CT molecular complexity index is 617. The van der Waals surface area contributed by atoms with E-state index in [1.807, 2.05) is 30.3 Å². The molecular weight excluding hydrogens is 320 g/mol. The lowest BCUT2D eigenvalue weighted by Gasteiger charge is -2.16. The monoisotopic (exact) mass is 336 g/mol. The van der Waals surface area contributed by atoms with Gasteiger partial charge in [0.15, 0.2) is 0 Å².